The van der Waals surface area contributed by atoms with Gasteiger partial charge in [-0.3, -0.25) is 4.79 Å². The second-order valence-corrected chi connectivity index (χ2v) is 5.91. The summed E-state index contributed by atoms with van der Waals surface area (Å²) in [5, 5.41) is 11.9. The first-order valence-electron chi connectivity index (χ1n) is 7.10. The van der Waals surface area contributed by atoms with Crippen molar-refractivity contribution in [3.05, 3.63) is 65.5 Å². The lowest BCUT2D eigenvalue weighted by atomic mass is 10.0. The Kier molecular flexibility index (Phi) is 6.53. The minimum Gasteiger partial charge on any atom is -0.492 e. The van der Waals surface area contributed by atoms with Crippen molar-refractivity contribution in [3.8, 4) is 5.75 Å². The van der Waals surface area contributed by atoms with E-state index in [4.69, 9.17) is 4.74 Å². The van der Waals surface area contributed by atoms with E-state index in [2.05, 4.69) is 27.9 Å². The molecule has 0 bridgehead atoms. The van der Waals surface area contributed by atoms with Crippen molar-refractivity contribution >= 4 is 34.5 Å². The number of ether oxygens (including phenoxy) is 1. The highest BCUT2D eigenvalue weighted by Gasteiger charge is 2.26. The van der Waals surface area contributed by atoms with E-state index in [1.807, 2.05) is 0 Å². The fourth-order valence-corrected chi connectivity index (χ4v) is 2.32. The summed E-state index contributed by atoms with van der Waals surface area (Å²) in [5.41, 5.74) is 0.381. The third-order valence-corrected chi connectivity index (χ3v) is 3.62. The largest absolute Gasteiger partial charge is 0.492 e. The standard InChI is InChI=1S/C17H15FINO4/c18-12-6-7-14(24-9-8-19)13(10-12)15(17(22)23)20-16(21)11-4-2-1-3-5-11/h1-7,10,15H,8-9H2,(H,20,21)(H,22,23). The van der Waals surface area contributed by atoms with Crippen molar-refractivity contribution in [2.24, 2.45) is 0 Å². The highest BCUT2D eigenvalue weighted by Crippen LogP contribution is 2.27. The van der Waals surface area contributed by atoms with Gasteiger partial charge in [0.05, 0.1) is 6.61 Å². The molecule has 1 unspecified atom stereocenters. The summed E-state index contributed by atoms with van der Waals surface area (Å²) in [6.07, 6.45) is 0. The van der Waals surface area contributed by atoms with E-state index >= 15 is 0 Å². The molecular formula is C17H15FINO4. The monoisotopic (exact) mass is 443 g/mol. The molecular weight excluding hydrogens is 428 g/mol. The zero-order valence-electron chi connectivity index (χ0n) is 12.5. The number of rotatable bonds is 7. The molecule has 0 aliphatic rings. The van der Waals surface area contributed by atoms with E-state index in [0.29, 0.717) is 16.6 Å². The first kappa shape index (κ1) is 18.2. The van der Waals surface area contributed by atoms with Crippen LogP contribution < -0.4 is 10.1 Å². The maximum Gasteiger partial charge on any atom is 0.331 e. The average Bonchev–Trinajstić information content (AvgIpc) is 2.59. The number of carboxylic acid groups (broad SMARTS) is 1. The molecule has 7 heteroatoms. The zero-order chi connectivity index (χ0) is 17.5. The maximum atomic E-state index is 13.6. The topological polar surface area (TPSA) is 75.6 Å². The van der Waals surface area contributed by atoms with Gasteiger partial charge in [0.25, 0.3) is 5.91 Å². The molecule has 0 spiro atoms. The smallest absolute Gasteiger partial charge is 0.331 e. The summed E-state index contributed by atoms with van der Waals surface area (Å²) >= 11 is 2.11. The predicted octanol–water partition coefficient (Wildman–Crippen LogP) is 3.20. The number of carbonyl (C=O) groups is 2. The van der Waals surface area contributed by atoms with Crippen molar-refractivity contribution in [1.82, 2.24) is 5.32 Å². The Bertz CT molecular complexity index is 724. The molecule has 2 aromatic rings. The molecule has 2 N–H and O–H groups in total. The van der Waals surface area contributed by atoms with E-state index in [-0.39, 0.29) is 11.3 Å². The maximum absolute atomic E-state index is 13.6. The third kappa shape index (κ3) is 4.67. The lowest BCUT2D eigenvalue weighted by molar-refractivity contribution is -0.139. The molecule has 0 fully saturated rings. The molecule has 0 heterocycles. The summed E-state index contributed by atoms with van der Waals surface area (Å²) < 4.78 is 19.7. The molecule has 0 radical (unpaired) electrons. The summed E-state index contributed by atoms with van der Waals surface area (Å²) in [6, 6.07) is 10.4. The molecule has 2 aromatic carbocycles. The first-order chi connectivity index (χ1) is 11.5. The Hall–Kier alpha value is -2.16. The van der Waals surface area contributed by atoms with Crippen LogP contribution in [0.4, 0.5) is 4.39 Å². The van der Waals surface area contributed by atoms with Gasteiger partial charge in [-0.25, -0.2) is 9.18 Å². The van der Waals surface area contributed by atoms with Crippen molar-refractivity contribution in [1.29, 1.82) is 0 Å². The third-order valence-electron chi connectivity index (χ3n) is 3.18. The SMILES string of the molecule is O=C(NC(C(=O)O)c1cc(F)ccc1OCCI)c1ccccc1. The van der Waals surface area contributed by atoms with Crippen LogP contribution in [0.25, 0.3) is 0 Å². The fraction of sp³-hybridized carbons (Fsp3) is 0.176. The second kappa shape index (κ2) is 8.62. The number of halogens is 2. The highest BCUT2D eigenvalue weighted by atomic mass is 127. The van der Waals surface area contributed by atoms with Gasteiger partial charge >= 0.3 is 5.97 Å². The van der Waals surface area contributed by atoms with Crippen LogP contribution in [0.1, 0.15) is 22.0 Å². The van der Waals surface area contributed by atoms with Crippen LogP contribution in [0.15, 0.2) is 48.5 Å². The number of aliphatic carboxylic acids is 1. The van der Waals surface area contributed by atoms with Crippen LogP contribution in [0.3, 0.4) is 0 Å². The number of alkyl halides is 1. The van der Waals surface area contributed by atoms with Crippen LogP contribution in [0, 0.1) is 5.82 Å². The molecule has 0 aliphatic carbocycles. The lowest BCUT2D eigenvalue weighted by Crippen LogP contribution is -2.34. The van der Waals surface area contributed by atoms with Crippen molar-refractivity contribution in [2.75, 3.05) is 11.0 Å². The Morgan fingerprint density at radius 2 is 1.92 bits per heavy atom. The summed E-state index contributed by atoms with van der Waals surface area (Å²) in [5.74, 6) is -2.24. The first-order valence-corrected chi connectivity index (χ1v) is 8.62. The van der Waals surface area contributed by atoms with E-state index in [9.17, 15) is 19.1 Å². The van der Waals surface area contributed by atoms with Gasteiger partial charge < -0.3 is 15.2 Å². The van der Waals surface area contributed by atoms with Gasteiger partial charge in [0, 0.05) is 15.6 Å². The molecule has 2 rings (SSSR count). The highest BCUT2D eigenvalue weighted by molar-refractivity contribution is 14.1. The van der Waals surface area contributed by atoms with Crippen molar-refractivity contribution in [2.45, 2.75) is 6.04 Å². The molecule has 24 heavy (non-hydrogen) atoms. The quantitative estimate of drug-likeness (QED) is 0.509. The Balaban J connectivity index is 2.32. The van der Waals surface area contributed by atoms with E-state index < -0.39 is 23.7 Å². The Labute approximate surface area is 152 Å². The van der Waals surface area contributed by atoms with Gasteiger partial charge in [-0.05, 0) is 30.3 Å². The molecule has 0 aliphatic heterocycles. The molecule has 1 amide bonds. The molecule has 1 atom stereocenters. The predicted molar refractivity (Wildman–Crippen MR) is 95.1 cm³/mol. The number of hydrogen-bond acceptors (Lipinski definition) is 3. The van der Waals surface area contributed by atoms with E-state index in [1.54, 1.807) is 30.3 Å². The summed E-state index contributed by atoms with van der Waals surface area (Å²) in [7, 11) is 0. The molecule has 5 nitrogen and oxygen atoms in total. The number of benzene rings is 2. The lowest BCUT2D eigenvalue weighted by Gasteiger charge is -2.18. The number of nitrogens with one attached hydrogen (secondary N) is 1. The minimum absolute atomic E-state index is 0.0663. The van der Waals surface area contributed by atoms with E-state index in [1.165, 1.54) is 12.1 Å². The van der Waals surface area contributed by atoms with Gasteiger partial charge in [0.2, 0.25) is 0 Å². The molecule has 126 valence electrons. The van der Waals surface area contributed by atoms with Crippen LogP contribution in [-0.4, -0.2) is 28.0 Å². The number of carbonyl (C=O) groups excluding carboxylic acids is 1. The normalized spacial score (nSPS) is 11.6. The minimum atomic E-state index is -1.42. The molecule has 0 saturated heterocycles. The van der Waals surface area contributed by atoms with Crippen LogP contribution in [-0.2, 0) is 4.79 Å². The van der Waals surface area contributed by atoms with Gasteiger partial charge in [0.1, 0.15) is 11.6 Å². The number of hydrogen-bond donors (Lipinski definition) is 2. The Morgan fingerprint density at radius 3 is 2.54 bits per heavy atom. The van der Waals surface area contributed by atoms with E-state index in [0.717, 1.165) is 6.07 Å². The number of amides is 1. The summed E-state index contributed by atoms with van der Waals surface area (Å²) in [6.45, 7) is 0.345. The summed E-state index contributed by atoms with van der Waals surface area (Å²) in [4.78, 5) is 23.8. The van der Waals surface area contributed by atoms with Crippen LogP contribution in [0.5, 0.6) is 5.75 Å². The second-order valence-electron chi connectivity index (χ2n) is 4.83. The number of carboxylic acids is 1. The van der Waals surface area contributed by atoms with Gasteiger partial charge in [-0.15, -0.1) is 0 Å². The van der Waals surface area contributed by atoms with Crippen molar-refractivity contribution < 1.29 is 23.8 Å². The van der Waals surface area contributed by atoms with Crippen molar-refractivity contribution in [3.63, 3.8) is 0 Å². The van der Waals surface area contributed by atoms with Crippen LogP contribution >= 0.6 is 22.6 Å². The molecule has 0 saturated carbocycles. The fourth-order valence-electron chi connectivity index (χ4n) is 2.10. The van der Waals surface area contributed by atoms with Gasteiger partial charge in [-0.2, -0.15) is 0 Å². The zero-order valence-corrected chi connectivity index (χ0v) is 14.7. The van der Waals surface area contributed by atoms with Crippen LogP contribution in [0.2, 0.25) is 0 Å². The molecule has 0 aromatic heterocycles. The average molecular weight is 443 g/mol. The Morgan fingerprint density at radius 1 is 1.21 bits per heavy atom. The van der Waals surface area contributed by atoms with Gasteiger partial charge in [0.15, 0.2) is 6.04 Å². The van der Waals surface area contributed by atoms with Gasteiger partial charge in [-0.1, -0.05) is 40.8 Å².